The highest BCUT2D eigenvalue weighted by Gasteiger charge is 2.28. The summed E-state index contributed by atoms with van der Waals surface area (Å²) in [5.74, 6) is 0. The van der Waals surface area contributed by atoms with Gasteiger partial charge in [0.25, 0.3) is 0 Å². The first kappa shape index (κ1) is 11.0. The van der Waals surface area contributed by atoms with Crippen LogP contribution >= 0.6 is 0 Å². The SMILES string of the molecule is CCOC(=O)N1c2ccccc2CCC1C. The number of ether oxygens (including phenoxy) is 1. The van der Waals surface area contributed by atoms with Gasteiger partial charge in [-0.2, -0.15) is 0 Å². The van der Waals surface area contributed by atoms with Crippen LogP contribution in [-0.4, -0.2) is 18.7 Å². The Hall–Kier alpha value is -1.51. The van der Waals surface area contributed by atoms with E-state index < -0.39 is 0 Å². The summed E-state index contributed by atoms with van der Waals surface area (Å²) in [5, 5.41) is 0. The van der Waals surface area contributed by atoms with E-state index in [9.17, 15) is 4.79 Å². The van der Waals surface area contributed by atoms with Crippen molar-refractivity contribution in [2.24, 2.45) is 0 Å². The standard InChI is InChI=1S/C13H17NO2/c1-3-16-13(15)14-10(2)8-9-11-6-4-5-7-12(11)14/h4-7,10H,3,8-9H2,1-2H3. The number of rotatable bonds is 1. The molecule has 2 rings (SSSR count). The Balaban J connectivity index is 2.33. The minimum atomic E-state index is -0.234. The summed E-state index contributed by atoms with van der Waals surface area (Å²) in [6, 6.07) is 8.25. The Kier molecular flexibility index (Phi) is 3.13. The van der Waals surface area contributed by atoms with Gasteiger partial charge in [-0.25, -0.2) is 4.79 Å². The largest absolute Gasteiger partial charge is 0.449 e. The van der Waals surface area contributed by atoms with Gasteiger partial charge in [0, 0.05) is 6.04 Å². The molecular formula is C13H17NO2. The van der Waals surface area contributed by atoms with E-state index in [1.807, 2.05) is 25.1 Å². The average molecular weight is 219 g/mol. The maximum absolute atomic E-state index is 11.9. The summed E-state index contributed by atoms with van der Waals surface area (Å²) in [7, 11) is 0. The van der Waals surface area contributed by atoms with Crippen molar-refractivity contribution in [3.8, 4) is 0 Å². The van der Waals surface area contributed by atoms with Crippen LogP contribution in [-0.2, 0) is 11.2 Å². The van der Waals surface area contributed by atoms with Crippen molar-refractivity contribution in [3.63, 3.8) is 0 Å². The minimum absolute atomic E-state index is 0.217. The van der Waals surface area contributed by atoms with Crippen molar-refractivity contribution in [2.75, 3.05) is 11.5 Å². The van der Waals surface area contributed by atoms with Gasteiger partial charge in [-0.05, 0) is 38.3 Å². The molecule has 0 bridgehead atoms. The Labute approximate surface area is 96.0 Å². The van der Waals surface area contributed by atoms with E-state index in [1.54, 1.807) is 4.90 Å². The van der Waals surface area contributed by atoms with Crippen molar-refractivity contribution in [1.82, 2.24) is 0 Å². The number of hydrogen-bond acceptors (Lipinski definition) is 2. The fourth-order valence-electron chi connectivity index (χ4n) is 2.16. The number of benzene rings is 1. The molecule has 0 saturated heterocycles. The first-order valence-corrected chi connectivity index (χ1v) is 5.78. The first-order valence-electron chi connectivity index (χ1n) is 5.78. The fourth-order valence-corrected chi connectivity index (χ4v) is 2.16. The van der Waals surface area contributed by atoms with E-state index in [-0.39, 0.29) is 12.1 Å². The van der Waals surface area contributed by atoms with Gasteiger partial charge in [0.15, 0.2) is 0 Å². The topological polar surface area (TPSA) is 29.5 Å². The zero-order valence-corrected chi connectivity index (χ0v) is 9.77. The van der Waals surface area contributed by atoms with Crippen molar-refractivity contribution >= 4 is 11.8 Å². The lowest BCUT2D eigenvalue weighted by Gasteiger charge is -2.34. The second-order valence-electron chi connectivity index (χ2n) is 4.09. The number of para-hydroxylation sites is 1. The monoisotopic (exact) mass is 219 g/mol. The molecule has 1 atom stereocenters. The molecule has 0 aliphatic carbocycles. The van der Waals surface area contributed by atoms with Gasteiger partial charge in [-0.15, -0.1) is 0 Å². The maximum Gasteiger partial charge on any atom is 0.414 e. The third kappa shape index (κ3) is 1.90. The van der Waals surface area contributed by atoms with Crippen LogP contribution in [0, 0.1) is 0 Å². The van der Waals surface area contributed by atoms with E-state index in [4.69, 9.17) is 4.74 Å². The summed E-state index contributed by atoms with van der Waals surface area (Å²) >= 11 is 0. The number of carbonyl (C=O) groups is 1. The highest BCUT2D eigenvalue weighted by Crippen LogP contribution is 2.30. The summed E-state index contributed by atoms with van der Waals surface area (Å²) in [6.45, 7) is 4.31. The summed E-state index contributed by atoms with van der Waals surface area (Å²) in [6.07, 6.45) is 1.80. The van der Waals surface area contributed by atoms with E-state index in [1.165, 1.54) is 5.56 Å². The number of amides is 1. The molecule has 1 aromatic rings. The van der Waals surface area contributed by atoms with E-state index in [0.717, 1.165) is 18.5 Å². The molecule has 0 N–H and O–H groups in total. The summed E-state index contributed by atoms with van der Waals surface area (Å²) in [5.41, 5.74) is 2.23. The van der Waals surface area contributed by atoms with Crippen molar-refractivity contribution < 1.29 is 9.53 Å². The molecular weight excluding hydrogens is 202 g/mol. The van der Waals surface area contributed by atoms with Gasteiger partial charge in [-0.3, -0.25) is 4.90 Å². The van der Waals surface area contributed by atoms with Crippen LogP contribution in [0.5, 0.6) is 0 Å². The lowest BCUT2D eigenvalue weighted by atomic mass is 9.97. The second-order valence-corrected chi connectivity index (χ2v) is 4.09. The molecule has 3 heteroatoms. The Morgan fingerprint density at radius 1 is 1.50 bits per heavy atom. The van der Waals surface area contributed by atoms with Crippen LogP contribution in [0.2, 0.25) is 0 Å². The third-order valence-corrected chi connectivity index (χ3v) is 2.99. The van der Waals surface area contributed by atoms with Crippen LogP contribution in [0.15, 0.2) is 24.3 Å². The lowest BCUT2D eigenvalue weighted by Crippen LogP contribution is -2.42. The fraction of sp³-hybridized carbons (Fsp3) is 0.462. The molecule has 0 radical (unpaired) electrons. The maximum atomic E-state index is 11.9. The van der Waals surface area contributed by atoms with Gasteiger partial charge in [0.05, 0.1) is 12.3 Å². The number of aryl methyl sites for hydroxylation is 1. The number of carbonyl (C=O) groups excluding carboxylic acids is 1. The third-order valence-electron chi connectivity index (χ3n) is 2.99. The molecule has 1 heterocycles. The number of anilines is 1. The van der Waals surface area contributed by atoms with Crippen molar-refractivity contribution in [3.05, 3.63) is 29.8 Å². The van der Waals surface area contributed by atoms with Crippen molar-refractivity contribution in [1.29, 1.82) is 0 Å². The predicted molar refractivity (Wildman–Crippen MR) is 63.7 cm³/mol. The normalized spacial score (nSPS) is 19.1. The van der Waals surface area contributed by atoms with Gasteiger partial charge in [0.2, 0.25) is 0 Å². The molecule has 86 valence electrons. The number of nitrogens with zero attached hydrogens (tertiary/aromatic N) is 1. The van der Waals surface area contributed by atoms with Crippen LogP contribution in [0.4, 0.5) is 10.5 Å². The molecule has 16 heavy (non-hydrogen) atoms. The minimum Gasteiger partial charge on any atom is -0.449 e. The number of fused-ring (bicyclic) bond motifs is 1. The molecule has 3 nitrogen and oxygen atoms in total. The van der Waals surface area contributed by atoms with Crippen LogP contribution < -0.4 is 4.90 Å². The molecule has 0 saturated carbocycles. The van der Waals surface area contributed by atoms with Crippen molar-refractivity contribution in [2.45, 2.75) is 32.7 Å². The molecule has 0 fully saturated rings. The van der Waals surface area contributed by atoms with E-state index >= 15 is 0 Å². The zero-order chi connectivity index (χ0) is 11.5. The Morgan fingerprint density at radius 3 is 3.00 bits per heavy atom. The average Bonchev–Trinajstić information content (AvgIpc) is 2.29. The molecule has 1 aliphatic heterocycles. The van der Waals surface area contributed by atoms with Crippen LogP contribution in [0.25, 0.3) is 0 Å². The molecule has 1 aromatic carbocycles. The lowest BCUT2D eigenvalue weighted by molar-refractivity contribution is 0.156. The molecule has 1 amide bonds. The smallest absolute Gasteiger partial charge is 0.414 e. The Bertz CT molecular complexity index is 389. The van der Waals surface area contributed by atoms with E-state index in [0.29, 0.717) is 6.61 Å². The highest BCUT2D eigenvalue weighted by molar-refractivity contribution is 5.89. The predicted octanol–water partition coefficient (Wildman–Crippen LogP) is 2.98. The van der Waals surface area contributed by atoms with Gasteiger partial charge in [-0.1, -0.05) is 18.2 Å². The summed E-state index contributed by atoms with van der Waals surface area (Å²) in [4.78, 5) is 13.6. The van der Waals surface area contributed by atoms with E-state index in [2.05, 4.69) is 13.0 Å². The van der Waals surface area contributed by atoms with Crippen LogP contribution in [0.3, 0.4) is 0 Å². The highest BCUT2D eigenvalue weighted by atomic mass is 16.6. The molecule has 1 unspecified atom stereocenters. The quantitative estimate of drug-likeness (QED) is 0.726. The molecule has 0 spiro atoms. The van der Waals surface area contributed by atoms with Crippen LogP contribution in [0.1, 0.15) is 25.8 Å². The summed E-state index contributed by atoms with van der Waals surface area (Å²) < 4.78 is 5.10. The molecule has 1 aliphatic rings. The zero-order valence-electron chi connectivity index (χ0n) is 9.77. The van der Waals surface area contributed by atoms with Gasteiger partial charge in [0.1, 0.15) is 0 Å². The van der Waals surface area contributed by atoms with Gasteiger partial charge >= 0.3 is 6.09 Å². The first-order chi connectivity index (χ1) is 7.74. The second kappa shape index (κ2) is 4.56. The van der Waals surface area contributed by atoms with Gasteiger partial charge < -0.3 is 4.74 Å². The Morgan fingerprint density at radius 2 is 2.25 bits per heavy atom. The molecule has 0 aromatic heterocycles. The number of hydrogen-bond donors (Lipinski definition) is 0.